The summed E-state index contributed by atoms with van der Waals surface area (Å²) in [5, 5.41) is 2.84. The average molecular weight is 291 g/mol. The van der Waals surface area contributed by atoms with E-state index in [1.807, 2.05) is 48.5 Å². The van der Waals surface area contributed by atoms with Crippen LogP contribution in [0.4, 0.5) is 10.5 Å². The molecule has 1 aromatic carbocycles. The van der Waals surface area contributed by atoms with Gasteiger partial charge in [-0.15, -0.1) is 0 Å². The summed E-state index contributed by atoms with van der Waals surface area (Å²) in [5.41, 5.74) is 1.79. The van der Waals surface area contributed by atoms with Crippen LogP contribution in [0.3, 0.4) is 0 Å². The maximum atomic E-state index is 11.9. The third kappa shape index (κ3) is 4.90. The molecule has 0 fully saturated rings. The van der Waals surface area contributed by atoms with Gasteiger partial charge in [-0.1, -0.05) is 24.3 Å². The normalized spacial score (nSPS) is 9.45. The van der Waals surface area contributed by atoms with Crippen LogP contribution in [0, 0.1) is 0 Å². The minimum atomic E-state index is -0.109. The van der Waals surface area contributed by atoms with Crippen LogP contribution in [0.2, 0.25) is 0 Å². The number of halogens is 1. The summed E-state index contributed by atoms with van der Waals surface area (Å²) in [5.74, 6) is 0. The van der Waals surface area contributed by atoms with Crippen LogP contribution in [-0.2, 0) is 6.42 Å². The van der Waals surface area contributed by atoms with Crippen molar-refractivity contribution in [1.29, 1.82) is 0 Å². The van der Waals surface area contributed by atoms with E-state index in [4.69, 9.17) is 0 Å². The second-order valence-corrected chi connectivity index (χ2v) is 4.29. The van der Waals surface area contributed by atoms with Crippen LogP contribution in [0.5, 0.6) is 0 Å². The molecule has 0 aliphatic carbocycles. The van der Waals surface area contributed by atoms with Crippen LogP contribution in [-0.4, -0.2) is 29.5 Å². The number of aromatic nitrogens is 1. The van der Waals surface area contributed by atoms with Crippen LogP contribution in [0.15, 0.2) is 54.7 Å². The first kappa shape index (κ1) is 16.0. The lowest BCUT2D eigenvalue weighted by molar-refractivity contribution is -0.00000715. The standard InChI is InChI=1S/C15H17N3O.ClH/c1-18(12-10-13-7-5-6-11-16-13)15(19)17-14-8-3-2-4-9-14;/h2-9,11H,10,12H2,1H3,(H,17,19);1H/p-1. The molecule has 0 radical (unpaired) electrons. The van der Waals surface area contributed by atoms with Crippen LogP contribution < -0.4 is 17.7 Å². The molecule has 1 N–H and O–H groups in total. The molecule has 2 rings (SSSR count). The van der Waals surface area contributed by atoms with Gasteiger partial charge in [-0.2, -0.15) is 0 Å². The number of carbonyl (C=O) groups excluding carboxylic acids is 1. The van der Waals surface area contributed by atoms with Crippen molar-refractivity contribution in [3.63, 3.8) is 0 Å². The minimum Gasteiger partial charge on any atom is -1.00 e. The maximum absolute atomic E-state index is 11.9. The molecule has 2 aromatic rings. The number of pyridine rings is 1. The molecule has 0 saturated heterocycles. The smallest absolute Gasteiger partial charge is 0.321 e. The van der Waals surface area contributed by atoms with Gasteiger partial charge in [0.05, 0.1) is 0 Å². The predicted molar refractivity (Wildman–Crippen MR) is 76.0 cm³/mol. The lowest BCUT2D eigenvalue weighted by Gasteiger charge is -2.17. The van der Waals surface area contributed by atoms with Crippen molar-refractivity contribution in [3.8, 4) is 0 Å². The monoisotopic (exact) mass is 290 g/mol. The van der Waals surface area contributed by atoms with Gasteiger partial charge < -0.3 is 22.6 Å². The Labute approximate surface area is 125 Å². The maximum Gasteiger partial charge on any atom is 0.321 e. The first-order valence-corrected chi connectivity index (χ1v) is 6.23. The molecule has 20 heavy (non-hydrogen) atoms. The first-order valence-electron chi connectivity index (χ1n) is 6.23. The third-order valence-corrected chi connectivity index (χ3v) is 2.80. The molecule has 5 heteroatoms. The van der Waals surface area contributed by atoms with Gasteiger partial charge in [-0.3, -0.25) is 4.98 Å². The van der Waals surface area contributed by atoms with Crippen molar-refractivity contribution in [2.24, 2.45) is 0 Å². The Hall–Kier alpha value is -2.07. The number of likely N-dealkylation sites (N-methyl/N-ethyl adjacent to an activating group) is 1. The highest BCUT2D eigenvalue weighted by molar-refractivity contribution is 5.89. The SMILES string of the molecule is CN(CCc1ccccn1)C(=O)Nc1ccccc1.[Cl-]. The van der Waals surface area contributed by atoms with Crippen molar-refractivity contribution in [3.05, 3.63) is 60.4 Å². The molecule has 0 saturated carbocycles. The number of amides is 2. The number of carbonyl (C=O) groups is 1. The van der Waals surface area contributed by atoms with Crippen LogP contribution in [0.25, 0.3) is 0 Å². The van der Waals surface area contributed by atoms with E-state index in [1.165, 1.54) is 0 Å². The van der Waals surface area contributed by atoms with Crippen molar-refractivity contribution >= 4 is 11.7 Å². The van der Waals surface area contributed by atoms with E-state index >= 15 is 0 Å². The van der Waals surface area contributed by atoms with Crippen molar-refractivity contribution in [2.45, 2.75) is 6.42 Å². The highest BCUT2D eigenvalue weighted by Crippen LogP contribution is 2.06. The lowest BCUT2D eigenvalue weighted by Crippen LogP contribution is -3.00. The van der Waals surface area contributed by atoms with E-state index in [0.717, 1.165) is 17.8 Å². The molecule has 106 valence electrons. The van der Waals surface area contributed by atoms with Crippen molar-refractivity contribution in [1.82, 2.24) is 9.88 Å². The summed E-state index contributed by atoms with van der Waals surface area (Å²) in [7, 11) is 1.78. The van der Waals surface area contributed by atoms with Gasteiger partial charge in [-0.05, 0) is 24.3 Å². The number of rotatable bonds is 4. The Bertz CT molecular complexity index is 519. The molecule has 1 heterocycles. The highest BCUT2D eigenvalue weighted by atomic mass is 35.5. The van der Waals surface area contributed by atoms with Gasteiger partial charge in [-0.25, -0.2) is 4.79 Å². The zero-order valence-electron chi connectivity index (χ0n) is 11.3. The Morgan fingerprint density at radius 1 is 1.15 bits per heavy atom. The molecule has 0 unspecified atom stereocenters. The topological polar surface area (TPSA) is 45.2 Å². The van der Waals surface area contributed by atoms with Gasteiger partial charge in [0, 0.05) is 37.6 Å². The Kier molecular flexibility index (Phi) is 6.53. The minimum absolute atomic E-state index is 0. The molecule has 2 amide bonds. The molecular formula is C15H17ClN3O-. The molecule has 0 atom stereocenters. The molecule has 4 nitrogen and oxygen atoms in total. The molecule has 0 aliphatic rings. The number of nitrogens with zero attached hydrogens (tertiary/aromatic N) is 2. The fourth-order valence-electron chi connectivity index (χ4n) is 1.67. The van der Waals surface area contributed by atoms with Gasteiger partial charge in [0.15, 0.2) is 0 Å². The Balaban J connectivity index is 0.00000200. The van der Waals surface area contributed by atoms with Crippen molar-refractivity contribution < 1.29 is 17.2 Å². The van der Waals surface area contributed by atoms with Gasteiger partial charge in [0.25, 0.3) is 0 Å². The van der Waals surface area contributed by atoms with Crippen LogP contribution >= 0.6 is 0 Å². The molecule has 0 spiro atoms. The summed E-state index contributed by atoms with van der Waals surface area (Å²) in [6.07, 6.45) is 2.51. The summed E-state index contributed by atoms with van der Waals surface area (Å²) in [6, 6.07) is 15.1. The number of benzene rings is 1. The van der Waals surface area contributed by atoms with Gasteiger partial charge >= 0.3 is 6.03 Å². The van der Waals surface area contributed by atoms with Crippen molar-refractivity contribution in [2.75, 3.05) is 18.9 Å². The summed E-state index contributed by atoms with van der Waals surface area (Å²) in [6.45, 7) is 0.635. The van der Waals surface area contributed by atoms with E-state index in [9.17, 15) is 4.79 Å². The summed E-state index contributed by atoms with van der Waals surface area (Å²) < 4.78 is 0. The van der Waals surface area contributed by atoms with Crippen LogP contribution in [0.1, 0.15) is 5.69 Å². The Morgan fingerprint density at radius 3 is 2.50 bits per heavy atom. The fraction of sp³-hybridized carbons (Fsp3) is 0.200. The second-order valence-electron chi connectivity index (χ2n) is 4.29. The molecular weight excluding hydrogens is 274 g/mol. The first-order chi connectivity index (χ1) is 9.25. The molecule has 0 bridgehead atoms. The second kappa shape index (κ2) is 8.17. The predicted octanol–water partition coefficient (Wildman–Crippen LogP) is -0.208. The van der Waals surface area contributed by atoms with Gasteiger partial charge in [0.1, 0.15) is 0 Å². The lowest BCUT2D eigenvalue weighted by atomic mass is 10.2. The number of urea groups is 1. The quantitative estimate of drug-likeness (QED) is 0.847. The number of anilines is 1. The highest BCUT2D eigenvalue weighted by Gasteiger charge is 2.08. The fourth-order valence-corrected chi connectivity index (χ4v) is 1.67. The number of para-hydroxylation sites is 1. The van der Waals surface area contributed by atoms with E-state index in [-0.39, 0.29) is 18.4 Å². The molecule has 0 aliphatic heterocycles. The number of hydrogen-bond acceptors (Lipinski definition) is 2. The zero-order chi connectivity index (χ0) is 13.5. The van der Waals surface area contributed by atoms with E-state index in [1.54, 1.807) is 18.1 Å². The Morgan fingerprint density at radius 2 is 1.85 bits per heavy atom. The number of nitrogens with one attached hydrogen (secondary N) is 1. The molecule has 1 aromatic heterocycles. The van der Waals surface area contributed by atoms with E-state index in [0.29, 0.717) is 6.54 Å². The summed E-state index contributed by atoms with van der Waals surface area (Å²) >= 11 is 0. The number of hydrogen-bond donors (Lipinski definition) is 1. The zero-order valence-corrected chi connectivity index (χ0v) is 12.0. The summed E-state index contributed by atoms with van der Waals surface area (Å²) in [4.78, 5) is 17.8. The third-order valence-electron chi connectivity index (χ3n) is 2.80. The average Bonchev–Trinajstić information content (AvgIpc) is 2.47. The largest absolute Gasteiger partial charge is 1.00 e. The van der Waals surface area contributed by atoms with E-state index < -0.39 is 0 Å². The van der Waals surface area contributed by atoms with E-state index in [2.05, 4.69) is 10.3 Å². The van der Waals surface area contributed by atoms with Gasteiger partial charge in [0.2, 0.25) is 0 Å².